The SMILES string of the molecule is CCCN1CC(CSC)C[C@H]2c3cccc4c3c(cn4Cc3cccc(OC)c3)C[C@@H]21. The number of aromatic nitrogens is 1. The van der Waals surface area contributed by atoms with E-state index in [1.807, 2.05) is 17.8 Å². The number of ether oxygens (including phenoxy) is 1. The number of thioether (sulfide) groups is 1. The van der Waals surface area contributed by atoms with Crippen LogP contribution in [0.25, 0.3) is 10.9 Å². The summed E-state index contributed by atoms with van der Waals surface area (Å²) in [7, 11) is 1.74. The highest BCUT2D eigenvalue weighted by atomic mass is 32.2. The number of piperidine rings is 1. The largest absolute Gasteiger partial charge is 0.497 e. The van der Waals surface area contributed by atoms with Crippen molar-refractivity contribution in [3.63, 3.8) is 0 Å². The smallest absolute Gasteiger partial charge is 0.119 e. The zero-order valence-electron chi connectivity index (χ0n) is 19.0. The standard InChI is InChI=1S/C27H34N2OS/c1-4-11-28-16-20(18-31-3)13-24-23-9-6-10-25-27(23)21(14-26(24)28)17-29(25)15-19-7-5-8-22(12-19)30-2/h5-10,12,17,20,24,26H,4,11,13-16,18H2,1-3H3/t20?,24-,26-/m0/s1. The minimum Gasteiger partial charge on any atom is -0.497 e. The second-order valence-electron chi connectivity index (χ2n) is 9.31. The van der Waals surface area contributed by atoms with E-state index in [4.69, 9.17) is 4.74 Å². The van der Waals surface area contributed by atoms with Gasteiger partial charge in [0.25, 0.3) is 0 Å². The van der Waals surface area contributed by atoms with Gasteiger partial charge in [-0.2, -0.15) is 11.8 Å². The molecule has 1 unspecified atom stereocenters. The number of nitrogens with zero attached hydrogens (tertiary/aromatic N) is 2. The number of benzene rings is 2. The molecule has 3 atom stereocenters. The Kier molecular flexibility index (Phi) is 6.03. The maximum atomic E-state index is 5.45. The molecule has 3 nitrogen and oxygen atoms in total. The second-order valence-corrected chi connectivity index (χ2v) is 10.2. The van der Waals surface area contributed by atoms with Crippen LogP contribution < -0.4 is 4.74 Å². The van der Waals surface area contributed by atoms with E-state index in [1.165, 1.54) is 54.6 Å². The Morgan fingerprint density at radius 2 is 2.03 bits per heavy atom. The average Bonchev–Trinajstić information content (AvgIpc) is 3.13. The highest BCUT2D eigenvalue weighted by molar-refractivity contribution is 7.98. The summed E-state index contributed by atoms with van der Waals surface area (Å²) >= 11 is 2.01. The van der Waals surface area contributed by atoms with E-state index >= 15 is 0 Å². The van der Waals surface area contributed by atoms with Crippen LogP contribution in [0.15, 0.2) is 48.7 Å². The number of likely N-dealkylation sites (tertiary alicyclic amines) is 1. The van der Waals surface area contributed by atoms with Crippen molar-refractivity contribution in [2.45, 2.75) is 44.7 Å². The molecule has 0 bridgehead atoms. The van der Waals surface area contributed by atoms with Crippen LogP contribution in [-0.2, 0) is 13.0 Å². The lowest BCUT2D eigenvalue weighted by atomic mass is 9.72. The summed E-state index contributed by atoms with van der Waals surface area (Å²) in [6.45, 7) is 5.71. The quantitative estimate of drug-likeness (QED) is 0.468. The van der Waals surface area contributed by atoms with Gasteiger partial charge in [0.2, 0.25) is 0 Å². The van der Waals surface area contributed by atoms with Crippen molar-refractivity contribution in [2.75, 3.05) is 32.2 Å². The van der Waals surface area contributed by atoms with E-state index in [2.05, 4.69) is 65.2 Å². The Balaban J connectivity index is 1.53. The molecule has 4 heteroatoms. The number of hydrogen-bond acceptors (Lipinski definition) is 3. The van der Waals surface area contributed by atoms with Crippen molar-refractivity contribution in [1.29, 1.82) is 0 Å². The van der Waals surface area contributed by atoms with Crippen LogP contribution in [0.3, 0.4) is 0 Å². The van der Waals surface area contributed by atoms with Crippen molar-refractivity contribution < 1.29 is 4.74 Å². The van der Waals surface area contributed by atoms with Gasteiger partial charge in [0, 0.05) is 42.1 Å². The second kappa shape index (κ2) is 8.91. The third-order valence-electron chi connectivity index (χ3n) is 7.26. The molecule has 2 aliphatic rings. The lowest BCUT2D eigenvalue weighted by Gasteiger charge is -2.47. The molecule has 0 N–H and O–H groups in total. The van der Waals surface area contributed by atoms with Crippen molar-refractivity contribution in [1.82, 2.24) is 9.47 Å². The summed E-state index contributed by atoms with van der Waals surface area (Å²) < 4.78 is 7.91. The van der Waals surface area contributed by atoms with Gasteiger partial charge in [0.15, 0.2) is 0 Å². The van der Waals surface area contributed by atoms with Gasteiger partial charge in [-0.3, -0.25) is 4.90 Å². The first-order chi connectivity index (χ1) is 15.2. The van der Waals surface area contributed by atoms with Gasteiger partial charge in [-0.1, -0.05) is 31.2 Å². The summed E-state index contributed by atoms with van der Waals surface area (Å²) in [5.74, 6) is 3.68. The fraction of sp³-hybridized carbons (Fsp3) is 0.481. The maximum absolute atomic E-state index is 5.45. The molecule has 0 radical (unpaired) electrons. The molecule has 3 aromatic rings. The fourth-order valence-corrected chi connectivity index (χ4v) is 6.79. The summed E-state index contributed by atoms with van der Waals surface area (Å²) in [6.07, 6.45) is 8.46. The molecule has 1 fully saturated rings. The molecule has 31 heavy (non-hydrogen) atoms. The highest BCUT2D eigenvalue weighted by Crippen LogP contribution is 2.45. The first-order valence-corrected chi connectivity index (χ1v) is 13.1. The van der Waals surface area contributed by atoms with Gasteiger partial charge in [0.05, 0.1) is 7.11 Å². The minimum absolute atomic E-state index is 0.656. The monoisotopic (exact) mass is 434 g/mol. The Bertz CT molecular complexity index is 1060. The third-order valence-corrected chi connectivity index (χ3v) is 8.06. The Labute approximate surface area is 190 Å². The molecule has 2 heterocycles. The van der Waals surface area contributed by atoms with Gasteiger partial charge >= 0.3 is 0 Å². The molecule has 0 spiro atoms. The van der Waals surface area contributed by atoms with Crippen LogP contribution in [0.1, 0.15) is 42.4 Å². The average molecular weight is 435 g/mol. The van der Waals surface area contributed by atoms with Crippen molar-refractivity contribution in [3.05, 3.63) is 65.4 Å². The van der Waals surface area contributed by atoms with Crippen molar-refractivity contribution in [2.24, 2.45) is 5.92 Å². The zero-order valence-corrected chi connectivity index (χ0v) is 19.8. The summed E-state index contributed by atoms with van der Waals surface area (Å²) in [6, 6.07) is 16.1. The summed E-state index contributed by atoms with van der Waals surface area (Å²) in [5, 5.41) is 1.54. The van der Waals surface area contributed by atoms with Crippen LogP contribution in [0.2, 0.25) is 0 Å². The van der Waals surface area contributed by atoms with Gasteiger partial charge in [-0.05, 0) is 78.6 Å². The lowest BCUT2D eigenvalue weighted by molar-refractivity contribution is 0.0926. The zero-order chi connectivity index (χ0) is 21.4. The first-order valence-electron chi connectivity index (χ1n) is 11.7. The third kappa shape index (κ3) is 3.89. The topological polar surface area (TPSA) is 17.4 Å². The molecule has 5 rings (SSSR count). The summed E-state index contributed by atoms with van der Waals surface area (Å²) in [4.78, 5) is 2.82. The normalized spacial score (nSPS) is 23.1. The van der Waals surface area contributed by atoms with Crippen LogP contribution in [-0.4, -0.2) is 47.7 Å². The van der Waals surface area contributed by atoms with Crippen LogP contribution in [0, 0.1) is 5.92 Å². The number of methoxy groups -OCH3 is 1. The summed E-state index contributed by atoms with van der Waals surface area (Å²) in [5.41, 5.74) is 5.82. The van der Waals surface area contributed by atoms with Gasteiger partial charge in [-0.15, -0.1) is 0 Å². The van der Waals surface area contributed by atoms with E-state index < -0.39 is 0 Å². The Morgan fingerprint density at radius 1 is 1.16 bits per heavy atom. The van der Waals surface area contributed by atoms with Crippen LogP contribution >= 0.6 is 11.8 Å². The van der Waals surface area contributed by atoms with Gasteiger partial charge < -0.3 is 9.30 Å². The molecule has 0 saturated carbocycles. The number of rotatable bonds is 7. The van der Waals surface area contributed by atoms with Crippen molar-refractivity contribution >= 4 is 22.7 Å². The molecule has 1 aliphatic carbocycles. The molecular weight excluding hydrogens is 400 g/mol. The Hall–Kier alpha value is -1.91. The van der Waals surface area contributed by atoms with E-state index in [0.29, 0.717) is 12.0 Å². The van der Waals surface area contributed by atoms with Gasteiger partial charge in [0.1, 0.15) is 5.75 Å². The van der Waals surface area contributed by atoms with E-state index in [-0.39, 0.29) is 0 Å². The predicted molar refractivity (Wildman–Crippen MR) is 133 cm³/mol. The Morgan fingerprint density at radius 3 is 2.84 bits per heavy atom. The van der Waals surface area contributed by atoms with Gasteiger partial charge in [-0.25, -0.2) is 0 Å². The molecule has 2 aromatic carbocycles. The van der Waals surface area contributed by atoms with E-state index in [9.17, 15) is 0 Å². The first kappa shape index (κ1) is 21.0. The van der Waals surface area contributed by atoms with E-state index in [1.54, 1.807) is 18.2 Å². The fourth-order valence-electron chi connectivity index (χ4n) is 6.07. The number of hydrogen-bond donors (Lipinski definition) is 0. The maximum Gasteiger partial charge on any atom is 0.119 e. The molecule has 164 valence electrons. The lowest BCUT2D eigenvalue weighted by Crippen LogP contribution is -2.50. The van der Waals surface area contributed by atoms with E-state index in [0.717, 1.165) is 18.2 Å². The molecule has 1 aliphatic heterocycles. The molecule has 1 aromatic heterocycles. The highest BCUT2D eigenvalue weighted by Gasteiger charge is 2.40. The molecule has 0 amide bonds. The molecule has 1 saturated heterocycles. The predicted octanol–water partition coefficient (Wildman–Crippen LogP) is 5.80. The molecular formula is C27H34N2OS. The van der Waals surface area contributed by atoms with Crippen molar-refractivity contribution in [3.8, 4) is 5.75 Å². The van der Waals surface area contributed by atoms with Crippen LogP contribution in [0.4, 0.5) is 0 Å². The number of fused-ring (bicyclic) bond motifs is 2. The minimum atomic E-state index is 0.656. The van der Waals surface area contributed by atoms with Crippen LogP contribution in [0.5, 0.6) is 5.75 Å².